The quantitative estimate of drug-likeness (QED) is 0.291. The molecule has 0 radical (unpaired) electrons. The first-order valence-corrected chi connectivity index (χ1v) is 22.7. The number of fused-ring (bicyclic) bond motifs is 5. The van der Waals surface area contributed by atoms with E-state index in [-0.39, 0.29) is 43.2 Å². The molecule has 2 bridgehead atoms. The van der Waals surface area contributed by atoms with E-state index in [1.165, 1.54) is 4.90 Å². The minimum atomic E-state index is -4.09. The highest BCUT2D eigenvalue weighted by Crippen LogP contribution is 2.59. The molecule has 16 heteroatoms. The number of Topliss-reactive ketones (excluding diaryl/α,β-unsaturated/α-hetero) is 1. The van der Waals surface area contributed by atoms with Crippen LogP contribution in [0.4, 0.5) is 8.78 Å². The van der Waals surface area contributed by atoms with Gasteiger partial charge < -0.3 is 19.1 Å². The summed E-state index contributed by atoms with van der Waals surface area (Å²) in [5.74, 6) is -4.55. The fraction of sp³-hybridized carbons (Fsp3) is 0.714. The zero-order valence-electron chi connectivity index (χ0n) is 33.2. The van der Waals surface area contributed by atoms with E-state index < -0.39 is 87.0 Å². The number of sulfonamides is 1. The standard InChI is InChI=1S/C42H54F2N4O9S/c1-3-27-35-22-48(37(27)33(49)21-42(20-29(42)38(43)44)41(52)47-58(53,54)26-14-15-26)40(51)28(23-9-7-8-10-23)19-36(50)56-34-17-24(34)11-5-4-6-12-31-39(57-35)46-32-18-25(55-2)13-16-30(32)45-31/h13,16,18,23-24,26-29,34-35,37-38H,3-12,14-15,17,19-22H2,1-2H3,(H,47,52)/t24-,27-,28+,29+,34-,35+,37+,42-/m1/s1. The molecule has 1 aromatic carbocycles. The number of aromatic nitrogens is 2. The van der Waals surface area contributed by atoms with E-state index >= 15 is 4.79 Å². The number of aryl methyl sites for hydroxylation is 1. The van der Waals surface area contributed by atoms with Gasteiger partial charge in [0.05, 0.1) is 53.7 Å². The van der Waals surface area contributed by atoms with Crippen molar-refractivity contribution in [3.8, 4) is 11.6 Å². The number of nitrogens with zero attached hydrogens (tertiary/aromatic N) is 3. The van der Waals surface area contributed by atoms with Crippen LogP contribution in [0.25, 0.3) is 11.0 Å². The molecule has 8 rings (SSSR count). The molecule has 4 aliphatic carbocycles. The zero-order valence-corrected chi connectivity index (χ0v) is 34.0. The van der Waals surface area contributed by atoms with Gasteiger partial charge in [0.25, 0.3) is 0 Å². The van der Waals surface area contributed by atoms with E-state index in [1.54, 1.807) is 13.2 Å². The van der Waals surface area contributed by atoms with Crippen LogP contribution in [0.15, 0.2) is 18.2 Å². The lowest BCUT2D eigenvalue weighted by Crippen LogP contribution is -2.49. The van der Waals surface area contributed by atoms with Gasteiger partial charge in [-0.25, -0.2) is 27.2 Å². The molecule has 2 aromatic rings. The molecule has 3 heterocycles. The van der Waals surface area contributed by atoms with Crippen molar-refractivity contribution in [3.05, 3.63) is 23.9 Å². The first-order valence-electron chi connectivity index (χ1n) is 21.2. The number of halogens is 2. The highest BCUT2D eigenvalue weighted by atomic mass is 32.2. The van der Waals surface area contributed by atoms with Crippen LogP contribution in [-0.4, -0.2) is 90.4 Å². The van der Waals surface area contributed by atoms with Crippen molar-refractivity contribution in [2.45, 2.75) is 140 Å². The number of ether oxygens (including phenoxy) is 3. The van der Waals surface area contributed by atoms with Crippen LogP contribution in [0.5, 0.6) is 11.6 Å². The molecule has 2 aliphatic heterocycles. The number of esters is 1. The van der Waals surface area contributed by atoms with Crippen molar-refractivity contribution in [3.63, 3.8) is 0 Å². The Morgan fingerprint density at radius 2 is 1.72 bits per heavy atom. The maximum Gasteiger partial charge on any atom is 0.306 e. The summed E-state index contributed by atoms with van der Waals surface area (Å²) in [6.07, 6.45) is 4.11. The van der Waals surface area contributed by atoms with E-state index in [0.29, 0.717) is 48.2 Å². The van der Waals surface area contributed by atoms with Crippen LogP contribution in [0.2, 0.25) is 0 Å². The number of rotatable bonds is 10. The Morgan fingerprint density at radius 3 is 2.41 bits per heavy atom. The van der Waals surface area contributed by atoms with E-state index in [0.717, 1.165) is 57.8 Å². The van der Waals surface area contributed by atoms with E-state index in [9.17, 15) is 31.6 Å². The van der Waals surface area contributed by atoms with Crippen LogP contribution >= 0.6 is 0 Å². The van der Waals surface area contributed by atoms with Crippen LogP contribution < -0.4 is 14.2 Å². The molecule has 4 saturated carbocycles. The van der Waals surface area contributed by atoms with E-state index in [2.05, 4.69) is 0 Å². The number of amides is 2. The second kappa shape index (κ2) is 16.2. The topological polar surface area (TPSA) is 171 Å². The molecule has 1 N–H and O–H groups in total. The molecule has 58 heavy (non-hydrogen) atoms. The normalized spacial score (nSPS) is 32.1. The zero-order chi connectivity index (χ0) is 40.9. The van der Waals surface area contributed by atoms with Crippen molar-refractivity contribution in [1.29, 1.82) is 0 Å². The van der Waals surface area contributed by atoms with Crippen molar-refractivity contribution < 1.29 is 50.6 Å². The first-order chi connectivity index (χ1) is 27.8. The van der Waals surface area contributed by atoms with Crippen LogP contribution in [0.3, 0.4) is 0 Å². The molecular weight excluding hydrogens is 775 g/mol. The smallest absolute Gasteiger partial charge is 0.306 e. The molecule has 2 amide bonds. The maximum absolute atomic E-state index is 15.0. The van der Waals surface area contributed by atoms with Gasteiger partial charge in [-0.15, -0.1) is 0 Å². The average Bonchev–Trinajstić information content (AvgIpc) is 4.15. The van der Waals surface area contributed by atoms with Gasteiger partial charge in [0.1, 0.15) is 23.7 Å². The van der Waals surface area contributed by atoms with Crippen LogP contribution in [-0.2, 0) is 40.4 Å². The Kier molecular flexibility index (Phi) is 11.4. The monoisotopic (exact) mass is 828 g/mol. The lowest BCUT2D eigenvalue weighted by Gasteiger charge is -2.32. The molecule has 13 nitrogen and oxygen atoms in total. The summed E-state index contributed by atoms with van der Waals surface area (Å²) in [6.45, 7) is 1.80. The first kappa shape index (κ1) is 40.8. The lowest BCUT2D eigenvalue weighted by molar-refractivity contribution is -0.153. The minimum Gasteiger partial charge on any atom is -0.497 e. The third kappa shape index (κ3) is 8.27. The number of methoxy groups -OCH3 is 1. The number of carbonyl (C=O) groups excluding carboxylic acids is 4. The molecule has 0 spiro atoms. The van der Waals surface area contributed by atoms with Gasteiger partial charge in [0.15, 0.2) is 5.78 Å². The predicted octanol–water partition coefficient (Wildman–Crippen LogP) is 5.71. The molecule has 0 unspecified atom stereocenters. The maximum atomic E-state index is 15.0. The molecule has 1 aromatic heterocycles. The second-order valence-electron chi connectivity index (χ2n) is 17.6. The summed E-state index contributed by atoms with van der Waals surface area (Å²) < 4.78 is 74.5. The Bertz CT molecular complexity index is 2040. The third-order valence-electron chi connectivity index (χ3n) is 13.7. The van der Waals surface area contributed by atoms with Gasteiger partial charge in [-0.2, -0.15) is 0 Å². The van der Waals surface area contributed by atoms with Gasteiger partial charge in [-0.05, 0) is 88.2 Å². The summed E-state index contributed by atoms with van der Waals surface area (Å²) in [6, 6.07) is 4.20. The fourth-order valence-corrected chi connectivity index (χ4v) is 11.4. The molecule has 8 atom stereocenters. The minimum absolute atomic E-state index is 0.0541. The number of ketones is 1. The van der Waals surface area contributed by atoms with Crippen LogP contribution in [0.1, 0.15) is 109 Å². The Hall–Kier alpha value is -3.95. The number of benzene rings is 1. The van der Waals surface area contributed by atoms with Gasteiger partial charge in [0.2, 0.25) is 34.1 Å². The highest BCUT2D eigenvalue weighted by Gasteiger charge is 2.66. The van der Waals surface area contributed by atoms with Gasteiger partial charge in [-0.1, -0.05) is 32.6 Å². The molecular formula is C42H54F2N4O9S. The van der Waals surface area contributed by atoms with Crippen LogP contribution in [0, 0.1) is 35.0 Å². The SMILES string of the molecule is CC[C@@H]1[C@@H]2CN(C(=O)[C@H](C3CCCC3)CC(=O)O[C@@H]3C[C@H]3CCCCCc3nc4ccc(OC)cc4nc3O2)[C@@H]1C(=O)C[C@]1(C(=O)NS(=O)(=O)C2CC2)C[C@H]1C(F)F. The van der Waals surface area contributed by atoms with Gasteiger partial charge in [0, 0.05) is 24.3 Å². The van der Waals surface area contributed by atoms with E-state index in [1.807, 2.05) is 23.8 Å². The molecule has 316 valence electrons. The summed E-state index contributed by atoms with van der Waals surface area (Å²) in [7, 11) is -2.53. The Labute approximate surface area is 337 Å². The second-order valence-corrected chi connectivity index (χ2v) is 19.6. The number of carbonyl (C=O) groups is 4. The molecule has 5 fully saturated rings. The number of hydrogen-bond acceptors (Lipinski definition) is 11. The van der Waals surface area contributed by atoms with Gasteiger partial charge in [-0.3, -0.25) is 23.9 Å². The van der Waals surface area contributed by atoms with Crippen molar-refractivity contribution in [2.75, 3.05) is 13.7 Å². The number of nitrogens with one attached hydrogen (secondary N) is 1. The van der Waals surface area contributed by atoms with Gasteiger partial charge >= 0.3 is 5.97 Å². The summed E-state index contributed by atoms with van der Waals surface area (Å²) in [4.78, 5) is 68.3. The summed E-state index contributed by atoms with van der Waals surface area (Å²) in [5, 5.41) is -0.772. The number of alkyl halides is 2. The molecule has 6 aliphatic rings. The fourth-order valence-electron chi connectivity index (χ4n) is 9.99. The average molecular weight is 829 g/mol. The third-order valence-corrected chi connectivity index (χ3v) is 15.5. The Morgan fingerprint density at radius 1 is 0.983 bits per heavy atom. The van der Waals surface area contributed by atoms with Crippen molar-refractivity contribution in [2.24, 2.45) is 35.0 Å². The molecule has 1 saturated heterocycles. The number of hydrogen-bond donors (Lipinski definition) is 1. The lowest BCUT2D eigenvalue weighted by atomic mass is 9.84. The Balaban J connectivity index is 1.16. The summed E-state index contributed by atoms with van der Waals surface area (Å²) >= 11 is 0. The van der Waals surface area contributed by atoms with Crippen molar-refractivity contribution >= 4 is 44.6 Å². The predicted molar refractivity (Wildman–Crippen MR) is 206 cm³/mol. The highest BCUT2D eigenvalue weighted by molar-refractivity contribution is 7.90. The van der Waals surface area contributed by atoms with Crippen molar-refractivity contribution in [1.82, 2.24) is 19.6 Å². The summed E-state index contributed by atoms with van der Waals surface area (Å²) in [5.41, 5.74) is -0.126. The largest absolute Gasteiger partial charge is 0.497 e. The van der Waals surface area contributed by atoms with E-state index in [4.69, 9.17) is 24.2 Å².